The van der Waals surface area contributed by atoms with Crippen LogP contribution in [0.3, 0.4) is 0 Å². The van der Waals surface area contributed by atoms with E-state index in [2.05, 4.69) is 48.7 Å². The van der Waals surface area contributed by atoms with Crippen molar-refractivity contribution >= 4 is 5.91 Å². The van der Waals surface area contributed by atoms with E-state index in [1.807, 2.05) is 0 Å². The summed E-state index contributed by atoms with van der Waals surface area (Å²) in [4.78, 5) is 11.1. The number of hydrogen-bond acceptors (Lipinski definition) is 2. The van der Waals surface area contributed by atoms with Crippen molar-refractivity contribution in [2.75, 3.05) is 6.54 Å². The molecule has 0 saturated carbocycles. The summed E-state index contributed by atoms with van der Waals surface area (Å²) in [6.07, 6.45) is 2.73. The van der Waals surface area contributed by atoms with Crippen LogP contribution >= 0.6 is 0 Å². The molecule has 0 radical (unpaired) electrons. The molecule has 0 aliphatic carbocycles. The third kappa shape index (κ3) is 4.67. The lowest BCUT2D eigenvalue weighted by atomic mass is 10.0. The SMILES string of the molecule is CC(C)Cc1ccc(CN[C@@H]2CCC(=O)NC2)cc1. The molecule has 1 amide bonds. The van der Waals surface area contributed by atoms with Gasteiger partial charge in [0.2, 0.25) is 5.91 Å². The van der Waals surface area contributed by atoms with Gasteiger partial charge in [0.15, 0.2) is 0 Å². The fraction of sp³-hybridized carbons (Fsp3) is 0.562. The van der Waals surface area contributed by atoms with Crippen molar-refractivity contribution < 1.29 is 4.79 Å². The highest BCUT2D eigenvalue weighted by Gasteiger charge is 2.16. The van der Waals surface area contributed by atoms with Gasteiger partial charge in [-0.3, -0.25) is 4.79 Å². The van der Waals surface area contributed by atoms with Crippen LogP contribution < -0.4 is 10.6 Å². The monoisotopic (exact) mass is 260 g/mol. The third-order valence-electron chi connectivity index (χ3n) is 3.53. The van der Waals surface area contributed by atoms with Crippen LogP contribution in [-0.4, -0.2) is 18.5 Å². The summed E-state index contributed by atoms with van der Waals surface area (Å²) in [7, 11) is 0. The zero-order valence-electron chi connectivity index (χ0n) is 11.9. The van der Waals surface area contributed by atoms with E-state index >= 15 is 0 Å². The van der Waals surface area contributed by atoms with E-state index in [1.54, 1.807) is 0 Å². The van der Waals surface area contributed by atoms with Gasteiger partial charge in [-0.2, -0.15) is 0 Å². The second kappa shape index (κ2) is 6.71. The Morgan fingerprint density at radius 3 is 2.53 bits per heavy atom. The van der Waals surface area contributed by atoms with E-state index in [0.717, 1.165) is 25.9 Å². The van der Waals surface area contributed by atoms with E-state index in [9.17, 15) is 4.79 Å². The van der Waals surface area contributed by atoms with Gasteiger partial charge in [0.1, 0.15) is 0 Å². The van der Waals surface area contributed by atoms with Gasteiger partial charge in [0.25, 0.3) is 0 Å². The van der Waals surface area contributed by atoms with Crippen LogP contribution in [0.2, 0.25) is 0 Å². The van der Waals surface area contributed by atoms with Crippen molar-refractivity contribution in [2.24, 2.45) is 5.92 Å². The smallest absolute Gasteiger partial charge is 0.220 e. The summed E-state index contributed by atoms with van der Waals surface area (Å²) in [6.45, 7) is 6.12. The Balaban J connectivity index is 1.78. The highest BCUT2D eigenvalue weighted by molar-refractivity contribution is 5.76. The molecule has 3 heteroatoms. The zero-order valence-corrected chi connectivity index (χ0v) is 11.9. The molecule has 104 valence electrons. The van der Waals surface area contributed by atoms with Gasteiger partial charge in [-0.1, -0.05) is 38.1 Å². The van der Waals surface area contributed by atoms with Crippen LogP contribution in [0.15, 0.2) is 24.3 Å². The highest BCUT2D eigenvalue weighted by Crippen LogP contribution is 2.10. The maximum atomic E-state index is 11.1. The van der Waals surface area contributed by atoms with Crippen molar-refractivity contribution in [1.29, 1.82) is 0 Å². The topological polar surface area (TPSA) is 41.1 Å². The van der Waals surface area contributed by atoms with E-state index in [-0.39, 0.29) is 5.91 Å². The molecule has 0 unspecified atom stereocenters. The van der Waals surface area contributed by atoms with Gasteiger partial charge in [-0.05, 0) is 29.9 Å². The van der Waals surface area contributed by atoms with Gasteiger partial charge < -0.3 is 10.6 Å². The van der Waals surface area contributed by atoms with Gasteiger partial charge >= 0.3 is 0 Å². The fourth-order valence-electron chi connectivity index (χ4n) is 2.43. The number of piperidine rings is 1. The maximum absolute atomic E-state index is 11.1. The Hall–Kier alpha value is -1.35. The molecular formula is C16H24N2O. The van der Waals surface area contributed by atoms with Gasteiger partial charge in [-0.15, -0.1) is 0 Å². The molecule has 1 aromatic carbocycles. The Kier molecular flexibility index (Phi) is 4.97. The summed E-state index contributed by atoms with van der Waals surface area (Å²) in [6, 6.07) is 9.26. The zero-order chi connectivity index (χ0) is 13.7. The second-order valence-electron chi connectivity index (χ2n) is 5.84. The molecule has 1 heterocycles. The molecule has 0 aromatic heterocycles. The minimum atomic E-state index is 0.177. The molecular weight excluding hydrogens is 236 g/mol. The van der Waals surface area contributed by atoms with E-state index in [0.29, 0.717) is 18.4 Å². The Morgan fingerprint density at radius 2 is 1.95 bits per heavy atom. The van der Waals surface area contributed by atoms with Crippen molar-refractivity contribution in [3.8, 4) is 0 Å². The Morgan fingerprint density at radius 1 is 1.26 bits per heavy atom. The second-order valence-corrected chi connectivity index (χ2v) is 5.84. The molecule has 1 saturated heterocycles. The van der Waals surface area contributed by atoms with Crippen LogP contribution in [0.5, 0.6) is 0 Å². The summed E-state index contributed by atoms with van der Waals surface area (Å²) in [5, 5.41) is 6.40. The number of hydrogen-bond donors (Lipinski definition) is 2. The van der Waals surface area contributed by atoms with Crippen molar-refractivity contribution in [1.82, 2.24) is 10.6 Å². The van der Waals surface area contributed by atoms with E-state index in [4.69, 9.17) is 0 Å². The summed E-state index contributed by atoms with van der Waals surface area (Å²) in [5.41, 5.74) is 2.72. The first kappa shape index (κ1) is 14.1. The number of amides is 1. The van der Waals surface area contributed by atoms with Gasteiger partial charge in [0.05, 0.1) is 0 Å². The molecule has 1 fully saturated rings. The quantitative estimate of drug-likeness (QED) is 0.852. The molecule has 2 N–H and O–H groups in total. The largest absolute Gasteiger partial charge is 0.355 e. The number of benzene rings is 1. The van der Waals surface area contributed by atoms with Gasteiger partial charge in [-0.25, -0.2) is 0 Å². The van der Waals surface area contributed by atoms with Crippen LogP contribution in [0.4, 0.5) is 0 Å². The average Bonchev–Trinajstić information content (AvgIpc) is 2.39. The number of carbonyl (C=O) groups excluding carboxylic acids is 1. The van der Waals surface area contributed by atoms with Crippen LogP contribution in [0.25, 0.3) is 0 Å². The lowest BCUT2D eigenvalue weighted by Gasteiger charge is -2.23. The predicted octanol–water partition coefficient (Wildman–Crippen LogP) is 2.25. The first-order valence-electron chi connectivity index (χ1n) is 7.21. The lowest BCUT2D eigenvalue weighted by Crippen LogP contribution is -2.45. The normalized spacial score (nSPS) is 19.5. The molecule has 3 nitrogen and oxygen atoms in total. The van der Waals surface area contributed by atoms with Crippen LogP contribution in [0, 0.1) is 5.92 Å². The molecule has 1 aromatic rings. The number of rotatable bonds is 5. The Bertz CT molecular complexity index is 401. The molecule has 19 heavy (non-hydrogen) atoms. The Labute approximate surface area is 115 Å². The highest BCUT2D eigenvalue weighted by atomic mass is 16.1. The van der Waals surface area contributed by atoms with Gasteiger partial charge in [0, 0.05) is 25.6 Å². The van der Waals surface area contributed by atoms with E-state index in [1.165, 1.54) is 11.1 Å². The summed E-state index contributed by atoms with van der Waals surface area (Å²) >= 11 is 0. The number of nitrogens with one attached hydrogen (secondary N) is 2. The minimum absolute atomic E-state index is 0.177. The predicted molar refractivity (Wildman–Crippen MR) is 77.9 cm³/mol. The lowest BCUT2D eigenvalue weighted by molar-refractivity contribution is -0.122. The van der Waals surface area contributed by atoms with Crippen molar-refractivity contribution in [3.63, 3.8) is 0 Å². The third-order valence-corrected chi connectivity index (χ3v) is 3.53. The molecule has 0 bridgehead atoms. The van der Waals surface area contributed by atoms with Crippen molar-refractivity contribution in [2.45, 2.75) is 45.7 Å². The molecule has 0 spiro atoms. The average molecular weight is 260 g/mol. The van der Waals surface area contributed by atoms with Crippen molar-refractivity contribution in [3.05, 3.63) is 35.4 Å². The van der Waals surface area contributed by atoms with E-state index < -0.39 is 0 Å². The summed E-state index contributed by atoms with van der Waals surface area (Å²) < 4.78 is 0. The first-order chi connectivity index (χ1) is 9.13. The summed E-state index contributed by atoms with van der Waals surface area (Å²) in [5.74, 6) is 0.880. The minimum Gasteiger partial charge on any atom is -0.355 e. The molecule has 2 rings (SSSR count). The van der Waals surface area contributed by atoms with Crippen LogP contribution in [0.1, 0.15) is 37.8 Å². The van der Waals surface area contributed by atoms with Crippen LogP contribution in [-0.2, 0) is 17.8 Å². The molecule has 1 aliphatic heterocycles. The molecule has 1 atom stereocenters. The fourth-order valence-corrected chi connectivity index (χ4v) is 2.43. The standard InChI is InChI=1S/C16H24N2O/c1-12(2)9-13-3-5-14(6-4-13)10-17-15-7-8-16(19)18-11-15/h3-6,12,15,17H,7-11H2,1-2H3,(H,18,19)/t15-/m1/s1. The first-order valence-corrected chi connectivity index (χ1v) is 7.21. The number of carbonyl (C=O) groups is 1. The molecule has 1 aliphatic rings. The maximum Gasteiger partial charge on any atom is 0.220 e.